The summed E-state index contributed by atoms with van der Waals surface area (Å²) in [6.45, 7) is 8.28. The maximum atomic E-state index is 3.77. The molecule has 1 aromatic rings. The van der Waals surface area contributed by atoms with Crippen molar-refractivity contribution in [1.29, 1.82) is 0 Å². The third kappa shape index (κ3) is 4.50. The van der Waals surface area contributed by atoms with E-state index in [0.717, 1.165) is 6.42 Å². The number of allylic oxidation sites excluding steroid dienone is 1. The lowest BCUT2D eigenvalue weighted by Gasteiger charge is -2.22. The summed E-state index contributed by atoms with van der Waals surface area (Å²) < 4.78 is 0. The van der Waals surface area contributed by atoms with E-state index in [1.807, 2.05) is 17.4 Å². The molecule has 0 aliphatic heterocycles. The topological polar surface area (TPSA) is 12.0 Å². The Morgan fingerprint density at radius 2 is 2.31 bits per heavy atom. The second kappa shape index (κ2) is 7.64. The summed E-state index contributed by atoms with van der Waals surface area (Å²) in [6.07, 6.45) is 6.72. The van der Waals surface area contributed by atoms with E-state index in [9.17, 15) is 0 Å². The molecule has 1 aromatic heterocycles. The fourth-order valence-electron chi connectivity index (χ4n) is 1.88. The highest BCUT2D eigenvalue weighted by Crippen LogP contribution is 2.24. The van der Waals surface area contributed by atoms with Crippen molar-refractivity contribution in [3.05, 3.63) is 35.0 Å². The van der Waals surface area contributed by atoms with Crippen LogP contribution in [0.3, 0.4) is 0 Å². The summed E-state index contributed by atoms with van der Waals surface area (Å²) in [4.78, 5) is 1.47. The normalized spacial score (nSPS) is 14.6. The minimum atomic E-state index is 0.532. The summed E-state index contributed by atoms with van der Waals surface area (Å²) >= 11 is 1.85. The van der Waals surface area contributed by atoms with Crippen LogP contribution in [0.4, 0.5) is 0 Å². The molecule has 0 aromatic carbocycles. The van der Waals surface area contributed by atoms with Gasteiger partial charge in [-0.05, 0) is 37.6 Å². The molecule has 90 valence electrons. The first-order chi connectivity index (χ1) is 7.77. The number of hydrogen-bond acceptors (Lipinski definition) is 2. The lowest BCUT2D eigenvalue weighted by Crippen LogP contribution is -2.29. The van der Waals surface area contributed by atoms with Crippen LogP contribution in [0, 0.1) is 0 Å². The molecule has 0 aliphatic carbocycles. The van der Waals surface area contributed by atoms with E-state index < -0.39 is 0 Å². The molecule has 16 heavy (non-hydrogen) atoms. The molecule has 1 nitrogen and oxygen atoms in total. The van der Waals surface area contributed by atoms with Gasteiger partial charge in [0.25, 0.3) is 0 Å². The molecule has 0 fully saturated rings. The van der Waals surface area contributed by atoms with Crippen molar-refractivity contribution >= 4 is 11.3 Å². The van der Waals surface area contributed by atoms with Gasteiger partial charge in [-0.1, -0.05) is 25.5 Å². The zero-order chi connectivity index (χ0) is 11.8. The lowest BCUT2D eigenvalue weighted by molar-refractivity contribution is 0.420. The minimum absolute atomic E-state index is 0.532. The van der Waals surface area contributed by atoms with Crippen molar-refractivity contribution in [3.63, 3.8) is 0 Å². The summed E-state index contributed by atoms with van der Waals surface area (Å²) in [7, 11) is 0. The van der Waals surface area contributed by atoms with E-state index in [1.165, 1.54) is 24.1 Å². The predicted molar refractivity (Wildman–Crippen MR) is 74.0 cm³/mol. The highest BCUT2D eigenvalue weighted by molar-refractivity contribution is 7.10. The first kappa shape index (κ1) is 13.5. The van der Waals surface area contributed by atoms with Gasteiger partial charge in [0.2, 0.25) is 0 Å². The van der Waals surface area contributed by atoms with Crippen LogP contribution < -0.4 is 5.32 Å². The molecule has 1 heterocycles. The molecule has 0 amide bonds. The fourth-order valence-corrected chi connectivity index (χ4v) is 2.70. The van der Waals surface area contributed by atoms with Gasteiger partial charge in [0.15, 0.2) is 0 Å². The smallest absolute Gasteiger partial charge is 0.0416 e. The van der Waals surface area contributed by atoms with E-state index >= 15 is 0 Å². The van der Waals surface area contributed by atoms with Gasteiger partial charge in [-0.15, -0.1) is 17.9 Å². The van der Waals surface area contributed by atoms with Crippen LogP contribution >= 0.6 is 11.3 Å². The van der Waals surface area contributed by atoms with Crippen molar-refractivity contribution in [3.8, 4) is 0 Å². The third-order valence-electron chi connectivity index (χ3n) is 2.75. The number of hydrogen-bond donors (Lipinski definition) is 1. The van der Waals surface area contributed by atoms with Gasteiger partial charge in [-0.2, -0.15) is 0 Å². The molecule has 2 atom stereocenters. The van der Waals surface area contributed by atoms with Crippen LogP contribution in [0.5, 0.6) is 0 Å². The minimum Gasteiger partial charge on any atom is -0.307 e. The largest absolute Gasteiger partial charge is 0.307 e. The molecular weight excluding hydrogens is 214 g/mol. The van der Waals surface area contributed by atoms with Crippen molar-refractivity contribution in [2.24, 2.45) is 0 Å². The lowest BCUT2D eigenvalue weighted by atomic mass is 10.1. The van der Waals surface area contributed by atoms with Gasteiger partial charge < -0.3 is 5.32 Å². The average molecular weight is 237 g/mol. The zero-order valence-electron chi connectivity index (χ0n) is 10.4. The number of rotatable bonds is 8. The van der Waals surface area contributed by atoms with Gasteiger partial charge in [-0.25, -0.2) is 0 Å². The molecule has 1 rings (SSSR count). The summed E-state index contributed by atoms with van der Waals surface area (Å²) in [6, 6.07) is 5.47. The zero-order valence-corrected chi connectivity index (χ0v) is 11.2. The molecule has 0 spiro atoms. The Hall–Kier alpha value is -0.600. The quantitative estimate of drug-likeness (QED) is 0.655. The van der Waals surface area contributed by atoms with E-state index in [0.29, 0.717) is 12.1 Å². The highest BCUT2D eigenvalue weighted by Gasteiger charge is 2.13. The van der Waals surface area contributed by atoms with E-state index in [2.05, 4.69) is 43.3 Å². The van der Waals surface area contributed by atoms with Crippen LogP contribution in [0.2, 0.25) is 0 Å². The van der Waals surface area contributed by atoms with Gasteiger partial charge in [0, 0.05) is 17.0 Å². The van der Waals surface area contributed by atoms with Crippen molar-refractivity contribution in [2.75, 3.05) is 0 Å². The second-order valence-corrected chi connectivity index (χ2v) is 5.27. The predicted octanol–water partition coefficient (Wildman–Crippen LogP) is 4.53. The van der Waals surface area contributed by atoms with Crippen LogP contribution in [-0.2, 0) is 0 Å². The Morgan fingerprint density at radius 1 is 1.50 bits per heavy atom. The molecule has 0 bridgehead atoms. The standard InChI is InChI=1S/C14H23NS/c1-4-6-9-12(3)15-13(8-5-2)14-10-7-11-16-14/h4,7,10-13,15H,1,5-6,8-9H2,2-3H3. The van der Waals surface area contributed by atoms with Crippen LogP contribution in [-0.4, -0.2) is 6.04 Å². The fraction of sp³-hybridized carbons (Fsp3) is 0.571. The van der Waals surface area contributed by atoms with Crippen LogP contribution in [0.15, 0.2) is 30.2 Å². The molecule has 1 N–H and O–H groups in total. The summed E-state index contributed by atoms with van der Waals surface area (Å²) in [5.41, 5.74) is 0. The van der Waals surface area contributed by atoms with E-state index in [-0.39, 0.29) is 0 Å². The molecule has 0 radical (unpaired) electrons. The molecule has 0 saturated heterocycles. The Balaban J connectivity index is 2.48. The number of thiophene rings is 1. The summed E-state index contributed by atoms with van der Waals surface area (Å²) in [5, 5.41) is 5.88. The highest BCUT2D eigenvalue weighted by atomic mass is 32.1. The number of nitrogens with one attached hydrogen (secondary N) is 1. The van der Waals surface area contributed by atoms with Gasteiger partial charge in [0.05, 0.1) is 0 Å². The Morgan fingerprint density at radius 3 is 2.88 bits per heavy atom. The Bertz CT molecular complexity index is 279. The SMILES string of the molecule is C=CCCC(C)NC(CCC)c1cccs1. The van der Waals surface area contributed by atoms with Gasteiger partial charge in [0.1, 0.15) is 0 Å². The van der Waals surface area contributed by atoms with Crippen molar-refractivity contribution in [1.82, 2.24) is 5.32 Å². The van der Waals surface area contributed by atoms with Gasteiger partial charge >= 0.3 is 0 Å². The molecule has 0 aliphatic rings. The first-order valence-electron chi connectivity index (χ1n) is 6.18. The van der Waals surface area contributed by atoms with E-state index in [1.54, 1.807) is 0 Å². The van der Waals surface area contributed by atoms with Gasteiger partial charge in [-0.3, -0.25) is 0 Å². The molecule has 2 unspecified atom stereocenters. The summed E-state index contributed by atoms with van der Waals surface area (Å²) in [5.74, 6) is 0. The van der Waals surface area contributed by atoms with Crippen LogP contribution in [0.1, 0.15) is 50.4 Å². The average Bonchev–Trinajstić information content (AvgIpc) is 2.79. The molecular formula is C14H23NS. The Labute approximate surface area is 104 Å². The maximum absolute atomic E-state index is 3.77. The monoisotopic (exact) mass is 237 g/mol. The van der Waals surface area contributed by atoms with Crippen LogP contribution in [0.25, 0.3) is 0 Å². The maximum Gasteiger partial charge on any atom is 0.0416 e. The van der Waals surface area contributed by atoms with Crippen molar-refractivity contribution < 1.29 is 0 Å². The molecule has 2 heteroatoms. The second-order valence-electron chi connectivity index (χ2n) is 4.29. The molecule has 0 saturated carbocycles. The first-order valence-corrected chi connectivity index (χ1v) is 7.06. The van der Waals surface area contributed by atoms with Crippen molar-refractivity contribution in [2.45, 2.75) is 51.6 Å². The Kier molecular flexibility index (Phi) is 6.43. The third-order valence-corrected chi connectivity index (χ3v) is 3.74. The van der Waals surface area contributed by atoms with E-state index in [4.69, 9.17) is 0 Å².